The molecule has 3 atom stereocenters. The molecular formula is C23H27FN6O2. The fourth-order valence-corrected chi connectivity index (χ4v) is 4.49. The molecule has 32 heavy (non-hydrogen) atoms. The van der Waals surface area contributed by atoms with Gasteiger partial charge >= 0.3 is 0 Å². The van der Waals surface area contributed by atoms with E-state index in [9.17, 15) is 19.6 Å². The third-order valence-corrected chi connectivity index (χ3v) is 6.63. The van der Waals surface area contributed by atoms with E-state index in [-0.39, 0.29) is 23.2 Å². The number of fused-ring (bicyclic) bond motifs is 1. The summed E-state index contributed by atoms with van der Waals surface area (Å²) >= 11 is 0. The first kappa shape index (κ1) is 22.0. The van der Waals surface area contributed by atoms with Crippen molar-refractivity contribution in [3.05, 3.63) is 41.3 Å². The third kappa shape index (κ3) is 4.23. The highest BCUT2D eigenvalue weighted by Gasteiger charge is 2.40. The monoisotopic (exact) mass is 438 g/mol. The van der Waals surface area contributed by atoms with Crippen LogP contribution in [-0.2, 0) is 4.79 Å². The summed E-state index contributed by atoms with van der Waals surface area (Å²) in [7, 11) is 0. The molecule has 168 valence electrons. The lowest BCUT2D eigenvalue weighted by Crippen LogP contribution is -2.48. The van der Waals surface area contributed by atoms with Crippen molar-refractivity contribution in [1.29, 1.82) is 5.26 Å². The van der Waals surface area contributed by atoms with Crippen molar-refractivity contribution in [3.63, 3.8) is 0 Å². The van der Waals surface area contributed by atoms with Gasteiger partial charge in [-0.2, -0.15) is 10.2 Å². The van der Waals surface area contributed by atoms with Crippen LogP contribution < -0.4 is 16.0 Å². The van der Waals surface area contributed by atoms with Gasteiger partial charge in [-0.3, -0.25) is 4.79 Å². The Labute approximate surface area is 186 Å². The predicted molar refractivity (Wildman–Crippen MR) is 119 cm³/mol. The lowest BCUT2D eigenvalue weighted by Gasteiger charge is -2.43. The largest absolute Gasteiger partial charge is 0.392 e. The number of nitriles is 1. The number of aliphatic hydroxyl groups excluding tert-OH is 1. The molecule has 1 saturated carbocycles. The van der Waals surface area contributed by atoms with Crippen molar-refractivity contribution in [2.24, 2.45) is 5.41 Å². The highest BCUT2D eigenvalue weighted by molar-refractivity contribution is 6.02. The standard InChI is InChI=1S/C23H27FN6O2/c1-23(2)18(4-3-5-19(23)31)29-20-13(11-25)12-27-22(30-20)26-9-8-15-16-10-14(24)6-7-17(16)28-21(15)32/h6-7,10,12,15,18-19,31H,3-5,8-9H2,1-2H3,(H,28,32)(H2,26,27,29,30)/t15?,18-,19-/m1/s1. The lowest BCUT2D eigenvalue weighted by atomic mass is 9.71. The van der Waals surface area contributed by atoms with Gasteiger partial charge in [0, 0.05) is 23.7 Å². The smallest absolute Gasteiger partial charge is 0.232 e. The van der Waals surface area contributed by atoms with Gasteiger partial charge in [0.25, 0.3) is 0 Å². The highest BCUT2D eigenvalue weighted by Crippen LogP contribution is 2.38. The number of hydrogen-bond acceptors (Lipinski definition) is 7. The first-order chi connectivity index (χ1) is 15.3. The summed E-state index contributed by atoms with van der Waals surface area (Å²) in [4.78, 5) is 20.9. The first-order valence-electron chi connectivity index (χ1n) is 10.9. The lowest BCUT2D eigenvalue weighted by molar-refractivity contribution is -0.117. The van der Waals surface area contributed by atoms with Gasteiger partial charge in [0.2, 0.25) is 11.9 Å². The maximum absolute atomic E-state index is 13.6. The van der Waals surface area contributed by atoms with E-state index in [1.165, 1.54) is 18.3 Å². The minimum Gasteiger partial charge on any atom is -0.392 e. The first-order valence-corrected chi connectivity index (χ1v) is 10.9. The Hall–Kier alpha value is -3.25. The van der Waals surface area contributed by atoms with Gasteiger partial charge < -0.3 is 21.1 Å². The second-order valence-corrected chi connectivity index (χ2v) is 9.02. The van der Waals surface area contributed by atoms with Crippen LogP contribution in [0.5, 0.6) is 0 Å². The topological polar surface area (TPSA) is 123 Å². The summed E-state index contributed by atoms with van der Waals surface area (Å²) in [6.45, 7) is 4.41. The van der Waals surface area contributed by atoms with E-state index in [0.717, 1.165) is 19.3 Å². The Kier molecular flexibility index (Phi) is 5.98. The fourth-order valence-electron chi connectivity index (χ4n) is 4.49. The summed E-state index contributed by atoms with van der Waals surface area (Å²) in [5.74, 6) is -0.232. The molecule has 4 rings (SSSR count). The Morgan fingerprint density at radius 3 is 2.97 bits per heavy atom. The van der Waals surface area contributed by atoms with E-state index in [2.05, 4.69) is 32.0 Å². The van der Waals surface area contributed by atoms with Crippen molar-refractivity contribution >= 4 is 23.4 Å². The van der Waals surface area contributed by atoms with Gasteiger partial charge in [-0.05, 0) is 49.4 Å². The number of amides is 1. The molecule has 1 aromatic heterocycles. The highest BCUT2D eigenvalue weighted by atomic mass is 19.1. The number of hydrogen-bond donors (Lipinski definition) is 4. The normalized spacial score (nSPS) is 23.7. The number of benzene rings is 1. The van der Waals surface area contributed by atoms with Gasteiger partial charge in [0.1, 0.15) is 23.3 Å². The molecule has 2 aliphatic rings. The predicted octanol–water partition coefficient (Wildman–Crippen LogP) is 3.38. The average molecular weight is 439 g/mol. The van der Waals surface area contributed by atoms with Crippen LogP contribution in [0, 0.1) is 22.6 Å². The molecule has 0 bridgehead atoms. The number of halogens is 1. The van der Waals surface area contributed by atoms with Crippen LogP contribution in [-0.4, -0.2) is 39.7 Å². The molecule has 1 aliphatic carbocycles. The molecule has 2 aromatic rings. The molecule has 0 radical (unpaired) electrons. The van der Waals surface area contributed by atoms with E-state index < -0.39 is 12.0 Å². The third-order valence-electron chi connectivity index (χ3n) is 6.63. The summed E-state index contributed by atoms with van der Waals surface area (Å²) in [5.41, 5.74) is 1.26. The molecule has 1 fully saturated rings. The molecule has 0 saturated heterocycles. The zero-order valence-electron chi connectivity index (χ0n) is 18.2. The molecular weight excluding hydrogens is 411 g/mol. The maximum atomic E-state index is 13.6. The number of rotatable bonds is 6. The van der Waals surface area contributed by atoms with Crippen LogP contribution in [0.1, 0.15) is 56.6 Å². The molecule has 4 N–H and O–H groups in total. The number of aromatic nitrogens is 2. The van der Waals surface area contributed by atoms with Gasteiger partial charge in [-0.1, -0.05) is 13.8 Å². The number of aliphatic hydroxyl groups is 1. The minimum absolute atomic E-state index is 0.0327. The van der Waals surface area contributed by atoms with Gasteiger partial charge in [-0.25, -0.2) is 9.37 Å². The van der Waals surface area contributed by atoms with Crippen LogP contribution >= 0.6 is 0 Å². The second-order valence-electron chi connectivity index (χ2n) is 9.02. The van der Waals surface area contributed by atoms with E-state index >= 15 is 0 Å². The van der Waals surface area contributed by atoms with Crippen LogP contribution in [0.4, 0.5) is 21.8 Å². The van der Waals surface area contributed by atoms with Crippen LogP contribution in [0.25, 0.3) is 0 Å². The molecule has 0 spiro atoms. The molecule has 1 unspecified atom stereocenters. The SMILES string of the molecule is CC1(C)[C@H](O)CCC[C@H]1Nc1nc(NCCC2C(=O)Nc3ccc(F)cc32)ncc1C#N. The van der Waals surface area contributed by atoms with Crippen LogP contribution in [0.3, 0.4) is 0 Å². The molecule has 2 heterocycles. The summed E-state index contributed by atoms with van der Waals surface area (Å²) in [6, 6.07) is 6.36. The molecule has 1 aliphatic heterocycles. The zero-order chi connectivity index (χ0) is 22.9. The molecule has 1 amide bonds. The number of anilines is 3. The van der Waals surface area contributed by atoms with E-state index in [4.69, 9.17) is 0 Å². The molecule has 9 heteroatoms. The number of nitrogens with zero attached hydrogens (tertiary/aromatic N) is 3. The van der Waals surface area contributed by atoms with Crippen LogP contribution in [0.2, 0.25) is 0 Å². The Bertz CT molecular complexity index is 1070. The van der Waals surface area contributed by atoms with Gasteiger partial charge in [0.15, 0.2) is 0 Å². The average Bonchev–Trinajstić information content (AvgIpc) is 3.06. The Morgan fingerprint density at radius 2 is 2.19 bits per heavy atom. The van der Waals surface area contributed by atoms with E-state index in [1.54, 1.807) is 6.07 Å². The number of carbonyl (C=O) groups is 1. The van der Waals surface area contributed by atoms with E-state index in [1.807, 2.05) is 13.8 Å². The quantitative estimate of drug-likeness (QED) is 0.545. The van der Waals surface area contributed by atoms with Crippen molar-refractivity contribution in [2.45, 2.75) is 57.6 Å². The number of nitrogens with one attached hydrogen (secondary N) is 3. The van der Waals surface area contributed by atoms with Crippen molar-refractivity contribution in [2.75, 3.05) is 22.5 Å². The second kappa shape index (κ2) is 8.71. The van der Waals surface area contributed by atoms with Gasteiger partial charge in [0.05, 0.1) is 18.2 Å². The summed E-state index contributed by atoms with van der Waals surface area (Å²) in [6.07, 6.45) is 3.99. The zero-order valence-corrected chi connectivity index (χ0v) is 18.2. The summed E-state index contributed by atoms with van der Waals surface area (Å²) in [5, 5.41) is 29.1. The maximum Gasteiger partial charge on any atom is 0.232 e. The number of carbonyl (C=O) groups excluding carboxylic acids is 1. The van der Waals surface area contributed by atoms with Crippen molar-refractivity contribution < 1.29 is 14.3 Å². The van der Waals surface area contributed by atoms with Gasteiger partial charge in [-0.15, -0.1) is 0 Å². The van der Waals surface area contributed by atoms with Crippen molar-refractivity contribution in [3.8, 4) is 6.07 Å². The Balaban J connectivity index is 1.44. The van der Waals surface area contributed by atoms with Crippen molar-refractivity contribution in [1.82, 2.24) is 9.97 Å². The van der Waals surface area contributed by atoms with E-state index in [0.29, 0.717) is 41.5 Å². The Morgan fingerprint density at radius 1 is 1.38 bits per heavy atom. The molecule has 1 aromatic carbocycles. The minimum atomic E-state index is -0.450. The fraction of sp³-hybridized carbons (Fsp3) is 0.478. The molecule has 8 nitrogen and oxygen atoms in total. The van der Waals surface area contributed by atoms with Crippen LogP contribution in [0.15, 0.2) is 24.4 Å². The summed E-state index contributed by atoms with van der Waals surface area (Å²) < 4.78 is 13.6.